The van der Waals surface area contributed by atoms with Crippen molar-refractivity contribution >= 4 is 12.6 Å². The van der Waals surface area contributed by atoms with E-state index in [1.165, 1.54) is 0 Å². The minimum absolute atomic E-state index is 0.251. The van der Waals surface area contributed by atoms with Gasteiger partial charge in [0.15, 0.2) is 24.1 Å². The van der Waals surface area contributed by atoms with Gasteiger partial charge in [0.1, 0.15) is 22.7 Å². The molecule has 0 saturated carbocycles. The third-order valence-corrected chi connectivity index (χ3v) is 3.18. The Bertz CT molecular complexity index is 589. The highest BCUT2D eigenvalue weighted by Gasteiger charge is 2.36. The molecule has 2 aromatic heterocycles. The lowest BCUT2D eigenvalue weighted by molar-refractivity contribution is -0.149. The fraction of sp³-hybridized carbons (Fsp3) is 0.375. The van der Waals surface area contributed by atoms with Crippen molar-refractivity contribution in [3.63, 3.8) is 0 Å². The van der Waals surface area contributed by atoms with Gasteiger partial charge < -0.3 is 13.6 Å². The van der Waals surface area contributed by atoms with E-state index in [0.29, 0.717) is 24.1 Å². The molecule has 0 radical (unpaired) electrons. The molecule has 0 aromatic carbocycles. The van der Waals surface area contributed by atoms with E-state index in [0.717, 1.165) is 0 Å². The summed E-state index contributed by atoms with van der Waals surface area (Å²) in [4.78, 5) is 21.4. The smallest absolute Gasteiger partial charge is 0.185 e. The molecule has 0 amide bonds. The van der Waals surface area contributed by atoms with Crippen molar-refractivity contribution in [1.82, 2.24) is 0 Å². The van der Waals surface area contributed by atoms with Gasteiger partial charge >= 0.3 is 0 Å². The maximum absolute atomic E-state index is 10.7. The standard InChI is InChI=1S/C16H18O5/c1-15(2,13-7-5-11(9-17)19-13)21-16(3,4)14-8-6-12(10-18)20-14/h5-10H,1-4H3. The molecule has 0 spiro atoms. The molecular weight excluding hydrogens is 272 g/mol. The SMILES string of the molecule is CC(C)(OC(C)(C)c1ccc(C=O)o1)c1ccc(C=O)o1. The number of carbonyl (C=O) groups excluding carboxylic acids is 2. The zero-order valence-corrected chi connectivity index (χ0v) is 12.5. The molecule has 0 aliphatic carbocycles. The third kappa shape index (κ3) is 3.13. The molecule has 2 heterocycles. The molecule has 112 valence electrons. The summed E-state index contributed by atoms with van der Waals surface area (Å²) in [6.45, 7) is 7.36. The summed E-state index contributed by atoms with van der Waals surface area (Å²) in [5, 5.41) is 0. The van der Waals surface area contributed by atoms with Crippen LogP contribution in [0.1, 0.15) is 60.3 Å². The normalized spacial score (nSPS) is 12.4. The summed E-state index contributed by atoms with van der Waals surface area (Å²) >= 11 is 0. The monoisotopic (exact) mass is 290 g/mol. The summed E-state index contributed by atoms with van der Waals surface area (Å²) in [5.74, 6) is 1.58. The highest BCUT2D eigenvalue weighted by Crippen LogP contribution is 2.36. The van der Waals surface area contributed by atoms with Crippen molar-refractivity contribution in [2.45, 2.75) is 38.9 Å². The van der Waals surface area contributed by atoms with Crippen LogP contribution in [0.4, 0.5) is 0 Å². The van der Waals surface area contributed by atoms with Crippen molar-refractivity contribution in [2.24, 2.45) is 0 Å². The first-order chi connectivity index (χ1) is 9.78. The molecule has 0 bridgehead atoms. The molecule has 0 N–H and O–H groups in total. The first-order valence-corrected chi connectivity index (χ1v) is 6.59. The number of hydrogen-bond acceptors (Lipinski definition) is 5. The van der Waals surface area contributed by atoms with E-state index in [1.807, 2.05) is 27.7 Å². The van der Waals surface area contributed by atoms with Crippen LogP contribution in [0.3, 0.4) is 0 Å². The predicted octanol–water partition coefficient (Wildman–Crippen LogP) is 3.68. The molecule has 5 nitrogen and oxygen atoms in total. The van der Waals surface area contributed by atoms with E-state index in [4.69, 9.17) is 13.6 Å². The average Bonchev–Trinajstić information content (AvgIpc) is 3.07. The summed E-state index contributed by atoms with van der Waals surface area (Å²) in [7, 11) is 0. The zero-order chi connectivity index (χ0) is 15.7. The van der Waals surface area contributed by atoms with Crippen LogP contribution in [-0.4, -0.2) is 12.6 Å². The number of rotatable bonds is 6. The number of ether oxygens (including phenoxy) is 1. The number of carbonyl (C=O) groups is 2. The molecule has 2 aromatic rings. The van der Waals surface area contributed by atoms with Crippen LogP contribution in [0.2, 0.25) is 0 Å². The minimum atomic E-state index is -0.765. The van der Waals surface area contributed by atoms with Gasteiger partial charge in [-0.15, -0.1) is 0 Å². The maximum Gasteiger partial charge on any atom is 0.185 e. The Hall–Kier alpha value is -2.14. The summed E-state index contributed by atoms with van der Waals surface area (Å²) in [5.41, 5.74) is -1.53. The molecule has 0 atom stereocenters. The lowest BCUT2D eigenvalue weighted by Gasteiger charge is -2.33. The van der Waals surface area contributed by atoms with Gasteiger partial charge in [0.2, 0.25) is 0 Å². The Kier molecular flexibility index (Phi) is 3.87. The zero-order valence-electron chi connectivity index (χ0n) is 12.5. The molecule has 0 saturated heterocycles. The van der Waals surface area contributed by atoms with Gasteiger partial charge in [0.25, 0.3) is 0 Å². The fourth-order valence-electron chi connectivity index (χ4n) is 2.22. The molecule has 0 fully saturated rings. The highest BCUT2D eigenvalue weighted by atomic mass is 16.5. The van der Waals surface area contributed by atoms with Gasteiger partial charge in [-0.05, 0) is 52.0 Å². The Morgan fingerprint density at radius 2 is 1.19 bits per heavy atom. The van der Waals surface area contributed by atoms with Crippen molar-refractivity contribution < 1.29 is 23.2 Å². The van der Waals surface area contributed by atoms with Crippen molar-refractivity contribution in [3.8, 4) is 0 Å². The maximum atomic E-state index is 10.7. The van der Waals surface area contributed by atoms with Gasteiger partial charge in [-0.3, -0.25) is 9.59 Å². The van der Waals surface area contributed by atoms with Crippen LogP contribution in [-0.2, 0) is 15.9 Å². The lowest BCUT2D eigenvalue weighted by atomic mass is 10.0. The summed E-state index contributed by atoms with van der Waals surface area (Å²) < 4.78 is 16.9. The van der Waals surface area contributed by atoms with E-state index >= 15 is 0 Å². The largest absolute Gasteiger partial charge is 0.455 e. The quantitative estimate of drug-likeness (QED) is 0.759. The molecular formula is C16H18O5. The van der Waals surface area contributed by atoms with Crippen LogP contribution in [0.25, 0.3) is 0 Å². The second-order valence-electron chi connectivity index (χ2n) is 5.76. The van der Waals surface area contributed by atoms with Gasteiger partial charge in [0.05, 0.1) is 0 Å². The molecule has 2 rings (SSSR count). The molecule has 5 heteroatoms. The summed E-state index contributed by atoms with van der Waals surface area (Å²) in [6.07, 6.45) is 1.29. The van der Waals surface area contributed by atoms with E-state index in [2.05, 4.69) is 0 Å². The van der Waals surface area contributed by atoms with Crippen LogP contribution in [0.5, 0.6) is 0 Å². The molecule has 21 heavy (non-hydrogen) atoms. The topological polar surface area (TPSA) is 69.7 Å². The fourth-order valence-corrected chi connectivity index (χ4v) is 2.22. The average molecular weight is 290 g/mol. The number of furan rings is 2. The Morgan fingerprint density at radius 1 is 0.810 bits per heavy atom. The van der Waals surface area contributed by atoms with Crippen molar-refractivity contribution in [1.29, 1.82) is 0 Å². The molecule has 0 aliphatic heterocycles. The van der Waals surface area contributed by atoms with E-state index < -0.39 is 11.2 Å². The van der Waals surface area contributed by atoms with E-state index in [1.54, 1.807) is 24.3 Å². The van der Waals surface area contributed by atoms with Crippen molar-refractivity contribution in [2.75, 3.05) is 0 Å². The number of aldehydes is 2. The Labute approximate surface area is 122 Å². The molecule has 0 unspecified atom stereocenters. The van der Waals surface area contributed by atoms with Gasteiger partial charge in [-0.2, -0.15) is 0 Å². The van der Waals surface area contributed by atoms with Crippen LogP contribution < -0.4 is 0 Å². The second-order valence-corrected chi connectivity index (χ2v) is 5.76. The first kappa shape index (κ1) is 15.3. The summed E-state index contributed by atoms with van der Waals surface area (Å²) in [6, 6.07) is 6.60. The Balaban J connectivity index is 2.24. The number of hydrogen-bond donors (Lipinski definition) is 0. The highest BCUT2D eigenvalue weighted by molar-refractivity contribution is 5.70. The third-order valence-electron chi connectivity index (χ3n) is 3.18. The minimum Gasteiger partial charge on any atom is -0.455 e. The van der Waals surface area contributed by atoms with Crippen LogP contribution in [0.15, 0.2) is 33.1 Å². The van der Waals surface area contributed by atoms with Crippen LogP contribution in [0, 0.1) is 0 Å². The predicted molar refractivity (Wildman–Crippen MR) is 75.3 cm³/mol. The molecule has 0 aliphatic rings. The lowest BCUT2D eigenvalue weighted by Crippen LogP contribution is -2.32. The second kappa shape index (κ2) is 5.33. The van der Waals surface area contributed by atoms with Gasteiger partial charge in [-0.25, -0.2) is 0 Å². The van der Waals surface area contributed by atoms with Crippen molar-refractivity contribution in [3.05, 3.63) is 47.3 Å². The first-order valence-electron chi connectivity index (χ1n) is 6.59. The van der Waals surface area contributed by atoms with E-state index in [-0.39, 0.29) is 11.5 Å². The Morgan fingerprint density at radius 3 is 1.48 bits per heavy atom. The van der Waals surface area contributed by atoms with Gasteiger partial charge in [-0.1, -0.05) is 0 Å². The van der Waals surface area contributed by atoms with E-state index in [9.17, 15) is 9.59 Å². The van der Waals surface area contributed by atoms with Gasteiger partial charge in [0, 0.05) is 0 Å². The van der Waals surface area contributed by atoms with Crippen LogP contribution >= 0.6 is 0 Å².